The summed E-state index contributed by atoms with van der Waals surface area (Å²) in [5.74, 6) is 1.83. The second kappa shape index (κ2) is 18.5. The van der Waals surface area contributed by atoms with Crippen molar-refractivity contribution >= 4 is 0 Å². The smallest absolute Gasteiger partial charge is 0.123 e. The average Bonchev–Trinajstić information content (AvgIpc) is 2.96. The van der Waals surface area contributed by atoms with Crippen LogP contribution < -0.4 is 4.74 Å². The highest BCUT2D eigenvalue weighted by Gasteiger charge is 2.11. The fraction of sp³-hybridized carbons (Fsp3) is 0.500. The molecular weight excluding hydrogens is 464 g/mol. The summed E-state index contributed by atoms with van der Waals surface area (Å²) in [5.41, 5.74) is 3.36. The number of benzene rings is 3. The Hall–Kier alpha value is -2.74. The molecule has 206 valence electrons. The molecule has 0 amide bonds. The third kappa shape index (κ3) is 11.3. The van der Waals surface area contributed by atoms with Crippen LogP contribution in [-0.2, 0) is 0 Å². The summed E-state index contributed by atoms with van der Waals surface area (Å²) in [4.78, 5) is 0. The van der Waals surface area contributed by atoms with Gasteiger partial charge in [-0.1, -0.05) is 145 Å². The first-order valence-electron chi connectivity index (χ1n) is 15.3. The van der Waals surface area contributed by atoms with Gasteiger partial charge in [-0.05, 0) is 54.5 Å². The molecule has 3 aromatic rings. The lowest BCUT2D eigenvalue weighted by Crippen LogP contribution is -2.00. The fourth-order valence-electron chi connectivity index (χ4n) is 5.39. The molecule has 1 N–H and O–H groups in total. The van der Waals surface area contributed by atoms with Crippen molar-refractivity contribution in [1.82, 2.24) is 0 Å². The second-order valence-electron chi connectivity index (χ2n) is 10.8. The molecule has 0 bridgehead atoms. The van der Waals surface area contributed by atoms with Crippen molar-refractivity contribution in [2.24, 2.45) is 0 Å². The minimum absolute atomic E-state index is 0.291. The van der Waals surface area contributed by atoms with Gasteiger partial charge in [0.2, 0.25) is 0 Å². The Kier molecular flexibility index (Phi) is 14.5. The van der Waals surface area contributed by atoms with Gasteiger partial charge < -0.3 is 9.84 Å². The van der Waals surface area contributed by atoms with E-state index in [-0.39, 0.29) is 0 Å². The number of phenolic OH excluding ortho intramolecular Hbond substituents is 1. The highest BCUT2D eigenvalue weighted by Crippen LogP contribution is 2.33. The van der Waals surface area contributed by atoms with E-state index in [9.17, 15) is 5.11 Å². The number of ether oxygens (including phenoxy) is 1. The largest absolute Gasteiger partial charge is 0.507 e. The average molecular weight is 515 g/mol. The highest BCUT2D eigenvalue weighted by molar-refractivity contribution is 5.71. The Morgan fingerprint density at radius 3 is 1.79 bits per heavy atom. The first kappa shape index (κ1) is 29.8. The van der Waals surface area contributed by atoms with Crippen LogP contribution in [0.1, 0.15) is 115 Å². The first-order valence-corrected chi connectivity index (χ1v) is 15.3. The van der Waals surface area contributed by atoms with Gasteiger partial charge in [-0.2, -0.15) is 0 Å². The number of hydrogen-bond acceptors (Lipinski definition) is 2. The van der Waals surface area contributed by atoms with Crippen molar-refractivity contribution in [3.8, 4) is 22.6 Å². The van der Waals surface area contributed by atoms with Gasteiger partial charge in [-0.3, -0.25) is 0 Å². The van der Waals surface area contributed by atoms with Crippen LogP contribution in [0.15, 0.2) is 78.9 Å². The van der Waals surface area contributed by atoms with Crippen molar-refractivity contribution in [1.29, 1.82) is 0 Å². The lowest BCUT2D eigenvalue weighted by Gasteiger charge is -2.17. The van der Waals surface area contributed by atoms with E-state index in [4.69, 9.17) is 4.74 Å². The molecule has 0 aliphatic rings. The molecule has 1 unspecified atom stereocenters. The number of unbranched alkanes of at least 4 members (excludes halogenated alkanes) is 11. The molecule has 1 atom stereocenters. The van der Waals surface area contributed by atoms with Crippen LogP contribution in [0.25, 0.3) is 11.1 Å². The topological polar surface area (TPSA) is 29.5 Å². The van der Waals surface area contributed by atoms with Crippen molar-refractivity contribution in [3.63, 3.8) is 0 Å². The Balaban J connectivity index is 1.29. The van der Waals surface area contributed by atoms with Gasteiger partial charge in [0.15, 0.2) is 0 Å². The van der Waals surface area contributed by atoms with Gasteiger partial charge in [-0.15, -0.1) is 0 Å². The zero-order chi connectivity index (χ0) is 26.7. The van der Waals surface area contributed by atoms with E-state index >= 15 is 0 Å². The molecule has 2 nitrogen and oxygen atoms in total. The fourth-order valence-corrected chi connectivity index (χ4v) is 5.39. The lowest BCUT2D eigenvalue weighted by molar-refractivity contribution is 0.303. The van der Waals surface area contributed by atoms with Crippen LogP contribution in [0.3, 0.4) is 0 Å². The van der Waals surface area contributed by atoms with Crippen LogP contribution in [0, 0.1) is 0 Å². The molecule has 0 radical (unpaired) electrons. The summed E-state index contributed by atoms with van der Waals surface area (Å²) in [6, 6.07) is 26.7. The number of aromatic hydroxyl groups is 1. The molecule has 0 fully saturated rings. The Morgan fingerprint density at radius 2 is 1.16 bits per heavy atom. The van der Waals surface area contributed by atoms with E-state index in [1.807, 2.05) is 42.5 Å². The van der Waals surface area contributed by atoms with Crippen LogP contribution >= 0.6 is 0 Å². The molecule has 0 heterocycles. The molecule has 0 spiro atoms. The molecular formula is C36H50O2. The SMILES string of the molecule is CCCCCCCCCCC(CCCCCCCOc1ccc(O)c(-c2ccccc2)c1)c1ccccc1. The second-order valence-corrected chi connectivity index (χ2v) is 10.8. The van der Waals surface area contributed by atoms with Crippen LogP contribution in [0.2, 0.25) is 0 Å². The molecule has 38 heavy (non-hydrogen) atoms. The summed E-state index contributed by atoms with van der Waals surface area (Å²) in [7, 11) is 0. The van der Waals surface area contributed by atoms with Gasteiger partial charge in [0.05, 0.1) is 6.61 Å². The highest BCUT2D eigenvalue weighted by atomic mass is 16.5. The number of hydrogen-bond donors (Lipinski definition) is 1. The molecule has 0 aromatic heterocycles. The molecule has 0 saturated carbocycles. The molecule has 3 aromatic carbocycles. The predicted octanol–water partition coefficient (Wildman–Crippen LogP) is 11.1. The van der Waals surface area contributed by atoms with E-state index in [0.29, 0.717) is 11.7 Å². The minimum Gasteiger partial charge on any atom is -0.507 e. The van der Waals surface area contributed by atoms with Crippen LogP contribution in [0.5, 0.6) is 11.5 Å². The van der Waals surface area contributed by atoms with Gasteiger partial charge in [0, 0.05) is 5.56 Å². The van der Waals surface area contributed by atoms with Crippen molar-refractivity contribution < 1.29 is 9.84 Å². The van der Waals surface area contributed by atoms with Gasteiger partial charge in [-0.25, -0.2) is 0 Å². The van der Waals surface area contributed by atoms with Crippen LogP contribution in [-0.4, -0.2) is 11.7 Å². The molecule has 0 aliphatic heterocycles. The minimum atomic E-state index is 0.291. The number of phenols is 1. The standard InChI is InChI=1S/C36H50O2/c1-2-3-4-5-6-7-9-14-21-31(32-23-16-12-17-24-32)22-15-10-8-11-20-29-38-34-27-28-36(37)35(30-34)33-25-18-13-19-26-33/h12-13,16-19,23-28,30-31,37H,2-11,14-15,20-22,29H2,1H3. The summed E-state index contributed by atoms with van der Waals surface area (Å²) >= 11 is 0. The van der Waals surface area contributed by atoms with Crippen molar-refractivity contribution in [2.45, 2.75) is 109 Å². The Labute approximate surface area is 232 Å². The van der Waals surface area contributed by atoms with Gasteiger partial charge in [0.1, 0.15) is 11.5 Å². The maximum Gasteiger partial charge on any atom is 0.123 e. The predicted molar refractivity (Wildman–Crippen MR) is 163 cm³/mol. The normalized spacial score (nSPS) is 11.9. The first-order chi connectivity index (χ1) is 18.8. The summed E-state index contributed by atoms with van der Waals surface area (Å²) in [5, 5.41) is 10.2. The zero-order valence-electron chi connectivity index (χ0n) is 23.8. The molecule has 3 rings (SSSR count). The lowest BCUT2D eigenvalue weighted by atomic mass is 9.88. The van der Waals surface area contributed by atoms with E-state index in [1.54, 1.807) is 6.07 Å². The van der Waals surface area contributed by atoms with Gasteiger partial charge in [0.25, 0.3) is 0 Å². The van der Waals surface area contributed by atoms with E-state index in [1.165, 1.54) is 95.5 Å². The van der Waals surface area contributed by atoms with Gasteiger partial charge >= 0.3 is 0 Å². The third-order valence-corrected chi connectivity index (χ3v) is 7.70. The quantitative estimate of drug-likeness (QED) is 0.152. The monoisotopic (exact) mass is 514 g/mol. The summed E-state index contributed by atoms with van der Waals surface area (Å²) in [6.07, 6.45) is 20.0. The third-order valence-electron chi connectivity index (χ3n) is 7.70. The number of rotatable bonds is 20. The maximum absolute atomic E-state index is 10.2. The summed E-state index contributed by atoms with van der Waals surface area (Å²) in [6.45, 7) is 3.02. The molecule has 2 heteroatoms. The summed E-state index contributed by atoms with van der Waals surface area (Å²) < 4.78 is 6.01. The maximum atomic E-state index is 10.2. The van der Waals surface area contributed by atoms with Crippen molar-refractivity contribution in [2.75, 3.05) is 6.61 Å². The van der Waals surface area contributed by atoms with E-state index in [2.05, 4.69) is 37.3 Å². The Bertz CT molecular complexity index is 983. The zero-order valence-corrected chi connectivity index (χ0v) is 23.8. The van der Waals surface area contributed by atoms with Crippen molar-refractivity contribution in [3.05, 3.63) is 84.4 Å². The van der Waals surface area contributed by atoms with E-state index < -0.39 is 0 Å². The molecule has 0 aliphatic carbocycles. The Morgan fingerprint density at radius 1 is 0.605 bits per heavy atom. The molecule has 0 saturated heterocycles. The van der Waals surface area contributed by atoms with E-state index in [0.717, 1.165) is 29.9 Å². The van der Waals surface area contributed by atoms with Crippen LogP contribution in [0.4, 0.5) is 0 Å².